The van der Waals surface area contributed by atoms with Gasteiger partial charge in [-0.25, -0.2) is 4.79 Å². The number of halogens is 1. The molecule has 21 heavy (non-hydrogen) atoms. The highest BCUT2D eigenvalue weighted by atomic mass is 127. The molecule has 1 unspecified atom stereocenters. The Hall–Kier alpha value is -1.19. The number of aliphatic carboxylic acids is 1. The van der Waals surface area contributed by atoms with Crippen molar-refractivity contribution >= 4 is 40.2 Å². The molecule has 114 valence electrons. The van der Waals surface area contributed by atoms with Crippen LogP contribution in [0.15, 0.2) is 18.2 Å². The second-order valence-corrected chi connectivity index (χ2v) is 6.19. The number of hydrogen-bond acceptors (Lipinski definition) is 4. The van der Waals surface area contributed by atoms with Gasteiger partial charge in [0, 0.05) is 22.3 Å². The van der Waals surface area contributed by atoms with Gasteiger partial charge in [-0.15, -0.1) is 0 Å². The lowest BCUT2D eigenvalue weighted by Gasteiger charge is -2.30. The number of aryl methyl sites for hydroxylation is 1. The third-order valence-corrected chi connectivity index (χ3v) is 3.93. The van der Waals surface area contributed by atoms with Crippen LogP contribution in [0.5, 0.6) is 0 Å². The minimum absolute atomic E-state index is 0.148. The minimum atomic E-state index is -0.992. The molecule has 0 bridgehead atoms. The summed E-state index contributed by atoms with van der Waals surface area (Å²) in [6.45, 7) is 3.22. The molecule has 1 aliphatic heterocycles. The molecule has 1 aromatic rings. The Kier molecular flexibility index (Phi) is 5.54. The van der Waals surface area contributed by atoms with Crippen molar-refractivity contribution in [2.24, 2.45) is 0 Å². The van der Waals surface area contributed by atoms with E-state index in [9.17, 15) is 9.59 Å². The lowest BCUT2D eigenvalue weighted by molar-refractivity contribution is -0.156. The maximum Gasteiger partial charge on any atom is 0.334 e. The predicted octanol–water partition coefficient (Wildman–Crippen LogP) is 1.32. The summed E-state index contributed by atoms with van der Waals surface area (Å²) in [5, 5.41) is 11.8. The monoisotopic (exact) mass is 404 g/mol. The van der Waals surface area contributed by atoms with Gasteiger partial charge in [0.25, 0.3) is 0 Å². The Morgan fingerprint density at radius 1 is 1.52 bits per heavy atom. The van der Waals surface area contributed by atoms with E-state index in [0.717, 1.165) is 14.8 Å². The van der Waals surface area contributed by atoms with Crippen LogP contribution in [0.4, 0.5) is 5.69 Å². The van der Waals surface area contributed by atoms with Gasteiger partial charge in [0.1, 0.15) is 0 Å². The molecule has 0 radical (unpaired) electrons. The van der Waals surface area contributed by atoms with Gasteiger partial charge in [-0.1, -0.05) is 0 Å². The zero-order valence-corrected chi connectivity index (χ0v) is 13.8. The number of benzene rings is 1. The molecule has 7 heteroatoms. The number of carboxylic acids is 1. The van der Waals surface area contributed by atoms with Crippen LogP contribution < -0.4 is 5.32 Å². The van der Waals surface area contributed by atoms with Crippen LogP contribution in [0.2, 0.25) is 0 Å². The number of amides is 1. The number of carboxylic acid groups (broad SMARTS) is 1. The Labute approximate surface area is 136 Å². The zero-order valence-electron chi connectivity index (χ0n) is 11.6. The summed E-state index contributed by atoms with van der Waals surface area (Å²) < 4.78 is 6.24. The number of morpholine rings is 1. The number of nitrogens with one attached hydrogen (secondary N) is 1. The summed E-state index contributed by atoms with van der Waals surface area (Å²) in [4.78, 5) is 24.7. The van der Waals surface area contributed by atoms with E-state index in [0.29, 0.717) is 13.2 Å². The van der Waals surface area contributed by atoms with Gasteiger partial charge in [0.15, 0.2) is 6.10 Å². The molecule has 0 spiro atoms. The number of anilines is 1. The van der Waals surface area contributed by atoms with Crippen LogP contribution in [-0.4, -0.2) is 54.2 Å². The maximum absolute atomic E-state index is 12.1. The van der Waals surface area contributed by atoms with Crippen LogP contribution in [0.25, 0.3) is 0 Å². The Morgan fingerprint density at radius 3 is 2.95 bits per heavy atom. The molecule has 1 amide bonds. The van der Waals surface area contributed by atoms with Crippen molar-refractivity contribution in [2.75, 3.05) is 31.6 Å². The lowest BCUT2D eigenvalue weighted by Crippen LogP contribution is -2.48. The van der Waals surface area contributed by atoms with Crippen LogP contribution in [-0.2, 0) is 14.3 Å². The van der Waals surface area contributed by atoms with E-state index >= 15 is 0 Å². The summed E-state index contributed by atoms with van der Waals surface area (Å²) in [5.74, 6) is -1.14. The molecule has 1 saturated heterocycles. The number of carbonyl (C=O) groups excluding carboxylic acids is 1. The molecule has 0 saturated carbocycles. The second-order valence-electron chi connectivity index (χ2n) is 4.94. The topological polar surface area (TPSA) is 78.9 Å². The van der Waals surface area contributed by atoms with Crippen molar-refractivity contribution in [1.82, 2.24) is 4.90 Å². The number of carbonyl (C=O) groups is 2. The third-order valence-electron chi connectivity index (χ3n) is 3.26. The highest BCUT2D eigenvalue weighted by Gasteiger charge is 2.27. The van der Waals surface area contributed by atoms with E-state index in [1.807, 2.05) is 25.1 Å². The normalized spacial score (nSPS) is 19.2. The van der Waals surface area contributed by atoms with Crippen molar-refractivity contribution in [3.05, 3.63) is 27.3 Å². The summed E-state index contributed by atoms with van der Waals surface area (Å²) in [6, 6.07) is 5.79. The van der Waals surface area contributed by atoms with E-state index in [4.69, 9.17) is 9.84 Å². The Morgan fingerprint density at radius 2 is 2.29 bits per heavy atom. The average Bonchev–Trinajstić information content (AvgIpc) is 2.42. The van der Waals surface area contributed by atoms with Crippen molar-refractivity contribution in [3.8, 4) is 0 Å². The van der Waals surface area contributed by atoms with Gasteiger partial charge in [0.05, 0.1) is 13.2 Å². The lowest BCUT2D eigenvalue weighted by atomic mass is 10.2. The minimum Gasteiger partial charge on any atom is -0.479 e. The van der Waals surface area contributed by atoms with E-state index in [2.05, 4.69) is 27.9 Å². The molecule has 0 aliphatic carbocycles. The van der Waals surface area contributed by atoms with Gasteiger partial charge >= 0.3 is 5.97 Å². The van der Waals surface area contributed by atoms with Crippen LogP contribution in [0.1, 0.15) is 5.56 Å². The largest absolute Gasteiger partial charge is 0.479 e. The van der Waals surface area contributed by atoms with Gasteiger partial charge in [-0.2, -0.15) is 0 Å². The van der Waals surface area contributed by atoms with Crippen LogP contribution in [0.3, 0.4) is 0 Å². The molecular formula is C14H17IN2O4. The molecule has 6 nitrogen and oxygen atoms in total. The van der Waals surface area contributed by atoms with Gasteiger partial charge in [-0.05, 0) is 53.3 Å². The zero-order chi connectivity index (χ0) is 15.4. The molecule has 1 heterocycles. The maximum atomic E-state index is 12.1. The van der Waals surface area contributed by atoms with Crippen molar-refractivity contribution in [2.45, 2.75) is 13.0 Å². The van der Waals surface area contributed by atoms with Crippen LogP contribution in [0, 0.1) is 10.5 Å². The SMILES string of the molecule is Cc1cc(I)ccc1NC(=O)CN1CCOC(C(=O)O)C1. The van der Waals surface area contributed by atoms with E-state index < -0.39 is 12.1 Å². The second kappa shape index (κ2) is 7.19. The molecule has 1 aliphatic rings. The Balaban J connectivity index is 1.91. The van der Waals surface area contributed by atoms with Crippen LogP contribution >= 0.6 is 22.6 Å². The van der Waals surface area contributed by atoms with Gasteiger partial charge < -0.3 is 15.2 Å². The number of rotatable bonds is 4. The first-order chi connectivity index (χ1) is 9.95. The highest BCUT2D eigenvalue weighted by Crippen LogP contribution is 2.17. The molecule has 1 fully saturated rings. The predicted molar refractivity (Wildman–Crippen MR) is 86.3 cm³/mol. The third kappa shape index (κ3) is 4.65. The first kappa shape index (κ1) is 16.2. The van der Waals surface area contributed by atoms with Gasteiger partial charge in [0.2, 0.25) is 5.91 Å². The fourth-order valence-corrected chi connectivity index (χ4v) is 2.80. The summed E-state index contributed by atoms with van der Waals surface area (Å²) >= 11 is 2.22. The highest BCUT2D eigenvalue weighted by molar-refractivity contribution is 14.1. The smallest absolute Gasteiger partial charge is 0.334 e. The molecular weight excluding hydrogens is 387 g/mol. The van der Waals surface area contributed by atoms with E-state index in [1.165, 1.54) is 0 Å². The van der Waals surface area contributed by atoms with E-state index in [1.54, 1.807) is 4.90 Å². The number of hydrogen-bond donors (Lipinski definition) is 2. The first-order valence-corrected chi connectivity index (χ1v) is 7.66. The quantitative estimate of drug-likeness (QED) is 0.741. The molecule has 1 aromatic carbocycles. The molecule has 1 atom stereocenters. The standard InChI is InChI=1S/C14H17IN2O4/c1-9-6-10(15)2-3-11(9)16-13(18)8-17-4-5-21-12(7-17)14(19)20/h2-3,6,12H,4-5,7-8H2,1H3,(H,16,18)(H,19,20). The van der Waals surface area contributed by atoms with Crippen molar-refractivity contribution < 1.29 is 19.4 Å². The first-order valence-electron chi connectivity index (χ1n) is 6.58. The van der Waals surface area contributed by atoms with Gasteiger partial charge in [-0.3, -0.25) is 9.69 Å². The average molecular weight is 404 g/mol. The molecule has 0 aromatic heterocycles. The fourth-order valence-electron chi connectivity index (χ4n) is 2.16. The molecule has 2 rings (SSSR count). The summed E-state index contributed by atoms with van der Waals surface area (Å²) in [7, 11) is 0. The fraction of sp³-hybridized carbons (Fsp3) is 0.429. The van der Waals surface area contributed by atoms with E-state index in [-0.39, 0.29) is 19.0 Å². The van der Waals surface area contributed by atoms with Crippen molar-refractivity contribution in [1.29, 1.82) is 0 Å². The Bertz CT molecular complexity index is 550. The molecule has 2 N–H and O–H groups in total. The number of nitrogens with zero attached hydrogens (tertiary/aromatic N) is 1. The summed E-state index contributed by atoms with van der Waals surface area (Å²) in [6.07, 6.45) is -0.855. The number of ether oxygens (including phenoxy) is 1. The summed E-state index contributed by atoms with van der Waals surface area (Å²) in [5.41, 5.74) is 1.78. The van der Waals surface area contributed by atoms with Crippen molar-refractivity contribution in [3.63, 3.8) is 0 Å².